The van der Waals surface area contributed by atoms with Gasteiger partial charge < -0.3 is 9.47 Å². The molecule has 1 aliphatic rings. The lowest BCUT2D eigenvalue weighted by atomic mass is 10.1. The molecule has 0 bridgehead atoms. The maximum atomic E-state index is 6.03. The van der Waals surface area contributed by atoms with Crippen LogP contribution in [0.2, 0.25) is 0 Å². The summed E-state index contributed by atoms with van der Waals surface area (Å²) in [6.45, 7) is 2.54. The van der Waals surface area contributed by atoms with Gasteiger partial charge in [0, 0.05) is 0 Å². The molecule has 0 aliphatic carbocycles. The van der Waals surface area contributed by atoms with Crippen molar-refractivity contribution in [1.82, 2.24) is 0 Å². The minimum absolute atomic E-state index is 0.0371. The van der Waals surface area contributed by atoms with Crippen LogP contribution >= 0.6 is 0 Å². The van der Waals surface area contributed by atoms with Crippen LogP contribution in [0, 0.1) is 0 Å². The monoisotopic (exact) mass is 266 g/mol. The fourth-order valence-electron chi connectivity index (χ4n) is 2.42. The van der Waals surface area contributed by atoms with Gasteiger partial charge in [-0.1, -0.05) is 60.7 Å². The zero-order valence-corrected chi connectivity index (χ0v) is 11.5. The van der Waals surface area contributed by atoms with Crippen LogP contribution in [0.3, 0.4) is 0 Å². The summed E-state index contributed by atoms with van der Waals surface area (Å²) in [6, 6.07) is 20.4. The van der Waals surface area contributed by atoms with Crippen molar-refractivity contribution in [2.45, 2.75) is 19.1 Å². The molecule has 2 heteroatoms. The van der Waals surface area contributed by atoms with Crippen molar-refractivity contribution in [3.63, 3.8) is 0 Å². The molecule has 0 N–H and O–H groups in total. The molecule has 2 aromatic carbocycles. The second kappa shape index (κ2) is 5.93. The summed E-state index contributed by atoms with van der Waals surface area (Å²) in [6.07, 6.45) is 1.96. The molecule has 0 saturated carbocycles. The van der Waals surface area contributed by atoms with Crippen LogP contribution in [-0.4, -0.2) is 6.61 Å². The first-order valence-corrected chi connectivity index (χ1v) is 6.89. The van der Waals surface area contributed by atoms with Gasteiger partial charge in [-0.2, -0.15) is 0 Å². The van der Waals surface area contributed by atoms with E-state index < -0.39 is 0 Å². The van der Waals surface area contributed by atoms with Crippen molar-refractivity contribution >= 4 is 0 Å². The van der Waals surface area contributed by atoms with Gasteiger partial charge >= 0.3 is 0 Å². The highest BCUT2D eigenvalue weighted by atomic mass is 16.5. The zero-order chi connectivity index (χ0) is 13.8. The number of benzene rings is 2. The predicted octanol–water partition coefficient (Wildman–Crippen LogP) is 4.42. The van der Waals surface area contributed by atoms with Crippen LogP contribution in [0.4, 0.5) is 0 Å². The van der Waals surface area contributed by atoms with Crippen LogP contribution in [0.25, 0.3) is 0 Å². The van der Waals surface area contributed by atoms with Crippen molar-refractivity contribution in [3.8, 4) is 0 Å². The Morgan fingerprint density at radius 3 is 2.10 bits per heavy atom. The van der Waals surface area contributed by atoms with Gasteiger partial charge in [0.1, 0.15) is 12.2 Å². The van der Waals surface area contributed by atoms with E-state index in [9.17, 15) is 0 Å². The fourth-order valence-corrected chi connectivity index (χ4v) is 2.42. The van der Waals surface area contributed by atoms with Gasteiger partial charge in [0.05, 0.1) is 12.4 Å². The van der Waals surface area contributed by atoms with Crippen LogP contribution in [-0.2, 0) is 9.47 Å². The predicted molar refractivity (Wildman–Crippen MR) is 79.2 cm³/mol. The molecule has 0 fully saturated rings. The first kappa shape index (κ1) is 12.9. The average Bonchev–Trinajstić information content (AvgIpc) is 2.71. The first-order valence-electron chi connectivity index (χ1n) is 6.89. The second-order valence-corrected chi connectivity index (χ2v) is 4.96. The summed E-state index contributed by atoms with van der Waals surface area (Å²) in [7, 11) is 0. The molecule has 0 amide bonds. The standard InChI is InChI=1S/C18H18O2/c1-14-12-17(15-8-4-2-5-9-15)19-13-18(20-14)16-10-6-3-7-11-16/h2-12,17-18H,13H2,1H3. The van der Waals surface area contributed by atoms with Gasteiger partial charge in [0.2, 0.25) is 0 Å². The van der Waals surface area contributed by atoms with Gasteiger partial charge in [-0.25, -0.2) is 0 Å². The third kappa shape index (κ3) is 2.91. The summed E-state index contributed by atoms with van der Waals surface area (Å²) in [5.41, 5.74) is 2.30. The van der Waals surface area contributed by atoms with E-state index in [1.54, 1.807) is 0 Å². The number of rotatable bonds is 2. The number of hydrogen-bond acceptors (Lipinski definition) is 2. The van der Waals surface area contributed by atoms with E-state index in [4.69, 9.17) is 9.47 Å². The van der Waals surface area contributed by atoms with E-state index in [1.165, 1.54) is 0 Å². The van der Waals surface area contributed by atoms with Crippen molar-refractivity contribution in [2.75, 3.05) is 6.61 Å². The van der Waals surface area contributed by atoms with Crippen molar-refractivity contribution in [3.05, 3.63) is 83.6 Å². The van der Waals surface area contributed by atoms with E-state index >= 15 is 0 Å². The van der Waals surface area contributed by atoms with Gasteiger partial charge in [0.15, 0.2) is 0 Å². The summed E-state index contributed by atoms with van der Waals surface area (Å²) in [5, 5.41) is 0. The summed E-state index contributed by atoms with van der Waals surface area (Å²) in [4.78, 5) is 0. The molecule has 3 rings (SSSR count). The van der Waals surface area contributed by atoms with Crippen molar-refractivity contribution < 1.29 is 9.47 Å². The van der Waals surface area contributed by atoms with Gasteiger partial charge in [-0.05, 0) is 24.1 Å². The van der Waals surface area contributed by atoms with Crippen molar-refractivity contribution in [1.29, 1.82) is 0 Å². The minimum atomic E-state index is -0.0406. The smallest absolute Gasteiger partial charge is 0.146 e. The van der Waals surface area contributed by atoms with E-state index in [1.807, 2.05) is 49.4 Å². The third-order valence-corrected chi connectivity index (χ3v) is 3.44. The van der Waals surface area contributed by atoms with E-state index in [2.05, 4.69) is 24.3 Å². The lowest BCUT2D eigenvalue weighted by molar-refractivity contribution is 0.0116. The Morgan fingerprint density at radius 1 is 0.850 bits per heavy atom. The van der Waals surface area contributed by atoms with Crippen LogP contribution in [0.5, 0.6) is 0 Å². The Kier molecular flexibility index (Phi) is 3.84. The molecule has 1 heterocycles. The molecular formula is C18H18O2. The molecule has 20 heavy (non-hydrogen) atoms. The highest BCUT2D eigenvalue weighted by Gasteiger charge is 2.21. The van der Waals surface area contributed by atoms with Crippen LogP contribution < -0.4 is 0 Å². The topological polar surface area (TPSA) is 18.5 Å². The number of hydrogen-bond donors (Lipinski definition) is 0. The Bertz CT molecular complexity index is 575. The Balaban J connectivity index is 1.80. The van der Waals surface area contributed by atoms with Crippen LogP contribution in [0.15, 0.2) is 72.5 Å². The molecule has 0 saturated heterocycles. The van der Waals surface area contributed by atoms with Gasteiger partial charge in [-0.3, -0.25) is 0 Å². The summed E-state index contributed by atoms with van der Waals surface area (Å²) >= 11 is 0. The fraction of sp³-hybridized carbons (Fsp3) is 0.222. The Hall–Kier alpha value is -2.06. The highest BCUT2D eigenvalue weighted by molar-refractivity contribution is 5.24. The Labute approximate surface area is 119 Å². The largest absolute Gasteiger partial charge is 0.488 e. The lowest BCUT2D eigenvalue weighted by Crippen LogP contribution is -2.10. The molecule has 2 atom stereocenters. The van der Waals surface area contributed by atoms with Crippen LogP contribution in [0.1, 0.15) is 30.3 Å². The SMILES string of the molecule is CC1=CC(c2ccccc2)OCC(c2ccccc2)O1. The molecule has 1 aliphatic heterocycles. The Morgan fingerprint density at radius 2 is 1.45 bits per heavy atom. The second-order valence-electron chi connectivity index (χ2n) is 4.96. The van der Waals surface area contributed by atoms with E-state index in [0.29, 0.717) is 6.61 Å². The van der Waals surface area contributed by atoms with Gasteiger partial charge in [-0.15, -0.1) is 0 Å². The maximum absolute atomic E-state index is 6.03. The molecule has 2 aromatic rings. The normalized spacial score (nSPS) is 22.6. The van der Waals surface area contributed by atoms with Crippen molar-refractivity contribution in [2.24, 2.45) is 0 Å². The molecule has 2 nitrogen and oxygen atoms in total. The molecule has 102 valence electrons. The quantitative estimate of drug-likeness (QED) is 0.801. The molecule has 0 radical (unpaired) electrons. The molecule has 0 spiro atoms. The number of allylic oxidation sites excluding steroid dienone is 1. The molecular weight excluding hydrogens is 248 g/mol. The third-order valence-electron chi connectivity index (χ3n) is 3.44. The molecule has 2 unspecified atom stereocenters. The van der Waals surface area contributed by atoms with E-state index in [-0.39, 0.29) is 12.2 Å². The molecule has 0 aromatic heterocycles. The van der Waals surface area contributed by atoms with E-state index in [0.717, 1.165) is 16.9 Å². The number of ether oxygens (including phenoxy) is 2. The summed E-state index contributed by atoms with van der Waals surface area (Å²) in [5.74, 6) is 0.908. The maximum Gasteiger partial charge on any atom is 0.146 e. The average molecular weight is 266 g/mol. The van der Waals surface area contributed by atoms with Gasteiger partial charge in [0.25, 0.3) is 0 Å². The zero-order valence-electron chi connectivity index (χ0n) is 11.5. The first-order chi connectivity index (χ1) is 9.83. The highest BCUT2D eigenvalue weighted by Crippen LogP contribution is 2.30. The lowest BCUT2D eigenvalue weighted by Gasteiger charge is -2.18. The summed E-state index contributed by atoms with van der Waals surface area (Å²) < 4.78 is 12.0. The minimum Gasteiger partial charge on any atom is -0.488 e.